The van der Waals surface area contributed by atoms with Gasteiger partial charge in [-0.25, -0.2) is 0 Å². The van der Waals surface area contributed by atoms with Crippen molar-refractivity contribution in [3.8, 4) is 0 Å². The standard InChI is InChI=1S/C11H23N2/c1-11(2,3)6-5-7-13-9-8-12(4)10-13/h10H,5-9H2,1-4H3/q+1. The highest BCUT2D eigenvalue weighted by Gasteiger charge is 2.17. The molecule has 2 nitrogen and oxygen atoms in total. The Morgan fingerprint density at radius 2 is 2.08 bits per heavy atom. The van der Waals surface area contributed by atoms with E-state index in [9.17, 15) is 0 Å². The monoisotopic (exact) mass is 183 g/mol. The summed E-state index contributed by atoms with van der Waals surface area (Å²) in [5.74, 6) is 0. The highest BCUT2D eigenvalue weighted by atomic mass is 15.2. The molecule has 0 N–H and O–H groups in total. The lowest BCUT2D eigenvalue weighted by Gasteiger charge is -2.18. The third-order valence-electron chi connectivity index (χ3n) is 2.47. The molecule has 2 heteroatoms. The zero-order valence-corrected chi connectivity index (χ0v) is 9.51. The number of likely N-dealkylation sites (N-methyl/N-ethyl adjacent to an activating group) is 1. The van der Waals surface area contributed by atoms with Crippen LogP contribution in [0.5, 0.6) is 0 Å². The molecule has 13 heavy (non-hydrogen) atoms. The Morgan fingerprint density at radius 1 is 1.38 bits per heavy atom. The van der Waals surface area contributed by atoms with Gasteiger partial charge in [0.1, 0.15) is 13.1 Å². The van der Waals surface area contributed by atoms with E-state index in [0.29, 0.717) is 5.41 Å². The first kappa shape index (κ1) is 10.6. The van der Waals surface area contributed by atoms with Crippen LogP contribution >= 0.6 is 0 Å². The Kier molecular flexibility index (Phi) is 3.34. The van der Waals surface area contributed by atoms with Crippen molar-refractivity contribution < 1.29 is 4.58 Å². The molecule has 0 unspecified atom stereocenters. The van der Waals surface area contributed by atoms with Crippen molar-refractivity contribution in [3.05, 3.63) is 0 Å². The van der Waals surface area contributed by atoms with Crippen molar-refractivity contribution in [2.45, 2.75) is 33.6 Å². The summed E-state index contributed by atoms with van der Waals surface area (Å²) in [5, 5.41) is 0. The summed E-state index contributed by atoms with van der Waals surface area (Å²) in [7, 11) is 2.14. The Balaban J connectivity index is 2.14. The van der Waals surface area contributed by atoms with Gasteiger partial charge in [0.2, 0.25) is 6.34 Å². The quantitative estimate of drug-likeness (QED) is 0.605. The molecule has 0 aliphatic carbocycles. The number of hydrogen-bond acceptors (Lipinski definition) is 1. The van der Waals surface area contributed by atoms with Crippen LogP contribution in [0.1, 0.15) is 33.6 Å². The van der Waals surface area contributed by atoms with Gasteiger partial charge in [0.15, 0.2) is 0 Å². The molecule has 0 radical (unpaired) electrons. The molecular formula is C11H23N2+. The fourth-order valence-electron chi connectivity index (χ4n) is 1.66. The van der Waals surface area contributed by atoms with Crippen LogP contribution in [0, 0.1) is 5.41 Å². The summed E-state index contributed by atoms with van der Waals surface area (Å²) in [4.78, 5) is 2.42. The average molecular weight is 183 g/mol. The molecule has 0 atom stereocenters. The van der Waals surface area contributed by atoms with E-state index < -0.39 is 0 Å². The van der Waals surface area contributed by atoms with Crippen LogP contribution in [0.15, 0.2) is 0 Å². The van der Waals surface area contributed by atoms with Gasteiger partial charge in [-0.3, -0.25) is 9.48 Å². The minimum Gasteiger partial charge on any atom is -0.267 e. The van der Waals surface area contributed by atoms with Crippen LogP contribution in [-0.2, 0) is 0 Å². The topological polar surface area (TPSA) is 6.25 Å². The highest BCUT2D eigenvalue weighted by Crippen LogP contribution is 2.20. The Bertz CT molecular complexity index is 189. The Labute approximate surface area is 82.2 Å². The Morgan fingerprint density at radius 3 is 2.54 bits per heavy atom. The van der Waals surface area contributed by atoms with E-state index in [1.165, 1.54) is 32.5 Å². The first-order valence-corrected chi connectivity index (χ1v) is 5.27. The Hall–Kier alpha value is -0.530. The molecule has 76 valence electrons. The lowest BCUT2D eigenvalue weighted by molar-refractivity contribution is -0.482. The fraction of sp³-hybridized carbons (Fsp3) is 0.909. The second kappa shape index (κ2) is 4.12. The number of rotatable bonds is 3. The first-order valence-electron chi connectivity index (χ1n) is 5.27. The minimum absolute atomic E-state index is 0.492. The van der Waals surface area contributed by atoms with E-state index in [2.05, 4.69) is 43.6 Å². The first-order chi connectivity index (χ1) is 5.97. The molecule has 1 aliphatic rings. The summed E-state index contributed by atoms with van der Waals surface area (Å²) in [6, 6.07) is 0. The molecule has 1 heterocycles. The molecule has 1 rings (SSSR count). The van der Waals surface area contributed by atoms with Gasteiger partial charge in [0.25, 0.3) is 0 Å². The molecule has 0 fully saturated rings. The maximum Gasteiger partial charge on any atom is 0.234 e. The van der Waals surface area contributed by atoms with Crippen molar-refractivity contribution in [2.24, 2.45) is 5.41 Å². The smallest absolute Gasteiger partial charge is 0.234 e. The number of nitrogens with zero attached hydrogens (tertiary/aromatic N) is 2. The van der Waals surface area contributed by atoms with Crippen molar-refractivity contribution in [1.82, 2.24) is 4.90 Å². The molecule has 0 aromatic carbocycles. The normalized spacial score (nSPS) is 17.8. The largest absolute Gasteiger partial charge is 0.267 e. The van der Waals surface area contributed by atoms with Gasteiger partial charge >= 0.3 is 0 Å². The van der Waals surface area contributed by atoms with Crippen LogP contribution in [0.3, 0.4) is 0 Å². The lowest BCUT2D eigenvalue weighted by Crippen LogP contribution is -2.22. The third kappa shape index (κ3) is 4.30. The van der Waals surface area contributed by atoms with E-state index in [-0.39, 0.29) is 0 Å². The van der Waals surface area contributed by atoms with Gasteiger partial charge in [0.05, 0.1) is 13.6 Å². The second-order valence-corrected chi connectivity index (χ2v) is 5.30. The van der Waals surface area contributed by atoms with E-state index in [0.717, 1.165) is 0 Å². The minimum atomic E-state index is 0.492. The van der Waals surface area contributed by atoms with Gasteiger partial charge in [-0.05, 0) is 18.3 Å². The summed E-state index contributed by atoms with van der Waals surface area (Å²) < 4.78 is 2.26. The van der Waals surface area contributed by atoms with Crippen molar-refractivity contribution in [2.75, 3.05) is 26.7 Å². The molecule has 1 aliphatic heterocycles. The average Bonchev–Trinajstić information content (AvgIpc) is 2.33. The molecule has 0 amide bonds. The summed E-state index contributed by atoms with van der Waals surface area (Å²) in [6.07, 6.45) is 4.87. The summed E-state index contributed by atoms with van der Waals surface area (Å²) in [6.45, 7) is 10.6. The molecule has 0 aromatic heterocycles. The van der Waals surface area contributed by atoms with Gasteiger partial charge < -0.3 is 0 Å². The summed E-state index contributed by atoms with van der Waals surface area (Å²) >= 11 is 0. The van der Waals surface area contributed by atoms with Crippen molar-refractivity contribution in [1.29, 1.82) is 0 Å². The molecule has 0 spiro atoms. The van der Waals surface area contributed by atoms with Crippen molar-refractivity contribution >= 4 is 6.34 Å². The number of hydrogen-bond donors (Lipinski definition) is 0. The van der Waals surface area contributed by atoms with Gasteiger partial charge in [0, 0.05) is 0 Å². The van der Waals surface area contributed by atoms with E-state index >= 15 is 0 Å². The van der Waals surface area contributed by atoms with Crippen LogP contribution in [0.4, 0.5) is 0 Å². The third-order valence-corrected chi connectivity index (χ3v) is 2.47. The predicted octanol–water partition coefficient (Wildman–Crippen LogP) is 1.80. The zero-order valence-electron chi connectivity index (χ0n) is 9.51. The maximum absolute atomic E-state index is 2.42. The van der Waals surface area contributed by atoms with E-state index in [1.54, 1.807) is 0 Å². The predicted molar refractivity (Wildman–Crippen MR) is 57.4 cm³/mol. The lowest BCUT2D eigenvalue weighted by atomic mass is 9.90. The highest BCUT2D eigenvalue weighted by molar-refractivity contribution is 5.50. The van der Waals surface area contributed by atoms with Crippen molar-refractivity contribution in [3.63, 3.8) is 0 Å². The van der Waals surface area contributed by atoms with Gasteiger partial charge in [-0.2, -0.15) is 0 Å². The molecule has 0 aromatic rings. The maximum atomic E-state index is 2.42. The second-order valence-electron chi connectivity index (χ2n) is 5.30. The van der Waals surface area contributed by atoms with Crippen LogP contribution < -0.4 is 0 Å². The van der Waals surface area contributed by atoms with E-state index in [1.807, 2.05) is 0 Å². The molecule has 0 saturated heterocycles. The van der Waals surface area contributed by atoms with Gasteiger partial charge in [-0.1, -0.05) is 20.8 Å². The fourth-order valence-corrected chi connectivity index (χ4v) is 1.66. The zero-order chi connectivity index (χ0) is 9.90. The summed E-state index contributed by atoms with van der Waals surface area (Å²) in [5.41, 5.74) is 0.492. The van der Waals surface area contributed by atoms with Crippen LogP contribution in [0.25, 0.3) is 0 Å². The molecular weight excluding hydrogens is 160 g/mol. The van der Waals surface area contributed by atoms with Crippen LogP contribution in [0.2, 0.25) is 0 Å². The van der Waals surface area contributed by atoms with E-state index in [4.69, 9.17) is 0 Å². The molecule has 0 saturated carbocycles. The molecule has 0 bridgehead atoms. The van der Waals surface area contributed by atoms with Crippen LogP contribution in [-0.4, -0.2) is 42.5 Å². The SMILES string of the molecule is C[N+]1=CN(CCCC(C)(C)C)CC1. The van der Waals surface area contributed by atoms with Gasteiger partial charge in [-0.15, -0.1) is 0 Å².